The molecule has 0 aliphatic heterocycles. The molecule has 0 saturated carbocycles. The van der Waals surface area contributed by atoms with E-state index < -0.39 is 17.7 Å². The van der Waals surface area contributed by atoms with Crippen LogP contribution in [-0.4, -0.2) is 23.4 Å². The fourth-order valence-electron chi connectivity index (χ4n) is 2.33. The number of hydrogen-bond donors (Lipinski definition) is 1. The SMILES string of the molecule is CCN(Cc1ccccc1)C(C)C(=O)Nc1ccc(F)c(F)c1. The van der Waals surface area contributed by atoms with Crippen LogP contribution in [0.4, 0.5) is 14.5 Å². The van der Waals surface area contributed by atoms with Crippen LogP contribution in [0.2, 0.25) is 0 Å². The number of halogens is 2. The van der Waals surface area contributed by atoms with Gasteiger partial charge in [0.25, 0.3) is 0 Å². The van der Waals surface area contributed by atoms with Gasteiger partial charge in [0.1, 0.15) is 0 Å². The lowest BCUT2D eigenvalue weighted by molar-refractivity contribution is -0.120. The Morgan fingerprint density at radius 2 is 1.83 bits per heavy atom. The highest BCUT2D eigenvalue weighted by molar-refractivity contribution is 5.94. The van der Waals surface area contributed by atoms with Gasteiger partial charge in [0.2, 0.25) is 5.91 Å². The zero-order chi connectivity index (χ0) is 16.8. The van der Waals surface area contributed by atoms with E-state index in [4.69, 9.17) is 0 Å². The molecular formula is C18H20F2N2O. The third-order valence-electron chi connectivity index (χ3n) is 3.75. The van der Waals surface area contributed by atoms with Crippen molar-refractivity contribution in [3.05, 3.63) is 65.7 Å². The van der Waals surface area contributed by atoms with Crippen LogP contribution in [0, 0.1) is 11.6 Å². The van der Waals surface area contributed by atoms with E-state index in [9.17, 15) is 13.6 Å². The van der Waals surface area contributed by atoms with E-state index in [1.165, 1.54) is 6.07 Å². The summed E-state index contributed by atoms with van der Waals surface area (Å²) < 4.78 is 26.1. The summed E-state index contributed by atoms with van der Waals surface area (Å²) in [5.74, 6) is -2.17. The molecule has 0 saturated heterocycles. The summed E-state index contributed by atoms with van der Waals surface area (Å²) in [7, 11) is 0. The molecule has 0 aliphatic carbocycles. The summed E-state index contributed by atoms with van der Waals surface area (Å²) >= 11 is 0. The van der Waals surface area contributed by atoms with Gasteiger partial charge in [0.05, 0.1) is 6.04 Å². The standard InChI is InChI=1S/C18H20F2N2O/c1-3-22(12-14-7-5-4-6-8-14)13(2)18(23)21-15-9-10-16(19)17(20)11-15/h4-11,13H,3,12H2,1-2H3,(H,21,23). The minimum atomic E-state index is -0.980. The summed E-state index contributed by atoms with van der Waals surface area (Å²) in [6, 6.07) is 12.8. The van der Waals surface area contributed by atoms with Crippen molar-refractivity contribution >= 4 is 11.6 Å². The monoisotopic (exact) mass is 318 g/mol. The molecule has 2 aromatic rings. The van der Waals surface area contributed by atoms with E-state index in [1.807, 2.05) is 42.2 Å². The van der Waals surface area contributed by atoms with E-state index in [1.54, 1.807) is 6.92 Å². The van der Waals surface area contributed by atoms with Gasteiger partial charge in [0, 0.05) is 18.3 Å². The largest absolute Gasteiger partial charge is 0.325 e. The Labute approximate surface area is 134 Å². The number of carbonyl (C=O) groups is 1. The maximum atomic E-state index is 13.2. The number of carbonyl (C=O) groups excluding carboxylic acids is 1. The third-order valence-corrected chi connectivity index (χ3v) is 3.75. The van der Waals surface area contributed by atoms with Crippen LogP contribution in [0.1, 0.15) is 19.4 Å². The first kappa shape index (κ1) is 17.1. The molecule has 3 nitrogen and oxygen atoms in total. The second-order valence-corrected chi connectivity index (χ2v) is 5.34. The Morgan fingerprint density at radius 1 is 1.13 bits per heavy atom. The van der Waals surface area contributed by atoms with Crippen molar-refractivity contribution < 1.29 is 13.6 Å². The highest BCUT2D eigenvalue weighted by Gasteiger charge is 2.20. The fourth-order valence-corrected chi connectivity index (χ4v) is 2.33. The topological polar surface area (TPSA) is 32.3 Å². The zero-order valence-electron chi connectivity index (χ0n) is 13.2. The summed E-state index contributed by atoms with van der Waals surface area (Å²) in [5.41, 5.74) is 1.36. The molecule has 1 atom stereocenters. The van der Waals surface area contributed by atoms with Crippen molar-refractivity contribution in [2.45, 2.75) is 26.4 Å². The van der Waals surface area contributed by atoms with E-state index >= 15 is 0 Å². The first-order valence-electron chi connectivity index (χ1n) is 7.55. The van der Waals surface area contributed by atoms with Crippen LogP contribution in [-0.2, 0) is 11.3 Å². The Bertz CT molecular complexity index is 661. The van der Waals surface area contributed by atoms with E-state index in [-0.39, 0.29) is 11.6 Å². The Hall–Kier alpha value is -2.27. The van der Waals surface area contributed by atoms with Crippen molar-refractivity contribution in [1.82, 2.24) is 4.90 Å². The average Bonchev–Trinajstić information content (AvgIpc) is 2.56. The van der Waals surface area contributed by atoms with Gasteiger partial charge in [-0.15, -0.1) is 0 Å². The lowest BCUT2D eigenvalue weighted by Gasteiger charge is -2.27. The number of nitrogens with zero attached hydrogens (tertiary/aromatic N) is 1. The van der Waals surface area contributed by atoms with Crippen molar-refractivity contribution in [3.63, 3.8) is 0 Å². The van der Waals surface area contributed by atoms with Crippen molar-refractivity contribution in [2.75, 3.05) is 11.9 Å². The maximum Gasteiger partial charge on any atom is 0.241 e. The molecule has 0 radical (unpaired) electrons. The van der Waals surface area contributed by atoms with E-state index in [2.05, 4.69) is 5.32 Å². The van der Waals surface area contributed by atoms with Crippen LogP contribution in [0.15, 0.2) is 48.5 Å². The van der Waals surface area contributed by atoms with E-state index in [0.29, 0.717) is 13.1 Å². The van der Waals surface area contributed by atoms with Crippen LogP contribution in [0.25, 0.3) is 0 Å². The number of benzene rings is 2. The molecule has 0 spiro atoms. The zero-order valence-corrected chi connectivity index (χ0v) is 13.2. The molecule has 0 aromatic heterocycles. The summed E-state index contributed by atoms with van der Waals surface area (Å²) in [6.07, 6.45) is 0. The normalized spacial score (nSPS) is 12.2. The lowest BCUT2D eigenvalue weighted by Crippen LogP contribution is -2.41. The molecule has 2 rings (SSSR count). The number of likely N-dealkylation sites (N-methyl/N-ethyl adjacent to an activating group) is 1. The van der Waals surface area contributed by atoms with Gasteiger partial charge in [-0.05, 0) is 31.2 Å². The van der Waals surface area contributed by atoms with Crippen LogP contribution >= 0.6 is 0 Å². The summed E-state index contributed by atoms with van der Waals surface area (Å²) in [4.78, 5) is 14.3. The van der Waals surface area contributed by atoms with Crippen LogP contribution in [0.5, 0.6) is 0 Å². The van der Waals surface area contributed by atoms with Gasteiger partial charge in [-0.1, -0.05) is 37.3 Å². The predicted molar refractivity (Wildman–Crippen MR) is 87.0 cm³/mol. The molecule has 1 unspecified atom stereocenters. The summed E-state index contributed by atoms with van der Waals surface area (Å²) in [5, 5.41) is 2.62. The Kier molecular flexibility index (Phi) is 5.82. The first-order valence-corrected chi connectivity index (χ1v) is 7.55. The number of amides is 1. The number of anilines is 1. The number of nitrogens with one attached hydrogen (secondary N) is 1. The molecule has 0 aliphatic rings. The van der Waals surface area contributed by atoms with E-state index in [0.717, 1.165) is 17.7 Å². The van der Waals surface area contributed by atoms with Gasteiger partial charge in [-0.25, -0.2) is 8.78 Å². The second-order valence-electron chi connectivity index (χ2n) is 5.34. The highest BCUT2D eigenvalue weighted by Crippen LogP contribution is 2.15. The second kappa shape index (κ2) is 7.83. The molecule has 5 heteroatoms. The molecule has 23 heavy (non-hydrogen) atoms. The molecular weight excluding hydrogens is 298 g/mol. The van der Waals surface area contributed by atoms with Gasteiger partial charge >= 0.3 is 0 Å². The highest BCUT2D eigenvalue weighted by atomic mass is 19.2. The lowest BCUT2D eigenvalue weighted by atomic mass is 10.1. The minimum Gasteiger partial charge on any atom is -0.325 e. The predicted octanol–water partition coefficient (Wildman–Crippen LogP) is 3.81. The molecule has 1 amide bonds. The number of hydrogen-bond acceptors (Lipinski definition) is 2. The van der Waals surface area contributed by atoms with Crippen molar-refractivity contribution in [1.29, 1.82) is 0 Å². The van der Waals surface area contributed by atoms with Crippen LogP contribution < -0.4 is 5.32 Å². The van der Waals surface area contributed by atoms with Crippen molar-refractivity contribution in [2.24, 2.45) is 0 Å². The number of rotatable bonds is 6. The quantitative estimate of drug-likeness (QED) is 0.878. The van der Waals surface area contributed by atoms with Gasteiger partial charge < -0.3 is 5.32 Å². The first-order chi connectivity index (χ1) is 11.0. The smallest absolute Gasteiger partial charge is 0.241 e. The third kappa shape index (κ3) is 4.60. The fraction of sp³-hybridized carbons (Fsp3) is 0.278. The average molecular weight is 318 g/mol. The molecule has 0 heterocycles. The molecule has 0 bridgehead atoms. The van der Waals surface area contributed by atoms with Crippen LogP contribution in [0.3, 0.4) is 0 Å². The molecule has 1 N–H and O–H groups in total. The summed E-state index contributed by atoms with van der Waals surface area (Å²) in [6.45, 7) is 5.11. The molecule has 0 fully saturated rings. The Morgan fingerprint density at radius 3 is 2.43 bits per heavy atom. The van der Waals surface area contributed by atoms with Gasteiger partial charge in [0.15, 0.2) is 11.6 Å². The Balaban J connectivity index is 2.03. The maximum absolute atomic E-state index is 13.2. The molecule has 2 aromatic carbocycles. The minimum absolute atomic E-state index is 0.247. The van der Waals surface area contributed by atoms with Crippen molar-refractivity contribution in [3.8, 4) is 0 Å². The van der Waals surface area contributed by atoms with Gasteiger partial charge in [-0.2, -0.15) is 0 Å². The molecule has 122 valence electrons. The van der Waals surface area contributed by atoms with Gasteiger partial charge in [-0.3, -0.25) is 9.69 Å².